The average molecular weight is 551 g/mol. The normalized spacial score (nSPS) is 15.1. The van der Waals surface area contributed by atoms with Gasteiger partial charge in [-0.25, -0.2) is 4.68 Å². The van der Waals surface area contributed by atoms with Crippen molar-refractivity contribution >= 4 is 41.3 Å². The molecule has 1 atom stereocenters. The molecule has 0 saturated heterocycles. The average Bonchev–Trinajstić information content (AvgIpc) is 3.48. The van der Waals surface area contributed by atoms with E-state index < -0.39 is 0 Å². The maximum Gasteiger partial charge on any atom is 0.191 e. The highest BCUT2D eigenvalue weighted by molar-refractivity contribution is 14.0. The predicted molar refractivity (Wildman–Crippen MR) is 140 cm³/mol. The second-order valence-corrected chi connectivity index (χ2v) is 8.69. The van der Waals surface area contributed by atoms with E-state index in [9.17, 15) is 0 Å². The van der Waals surface area contributed by atoms with E-state index in [2.05, 4.69) is 68.3 Å². The summed E-state index contributed by atoms with van der Waals surface area (Å²) in [6.45, 7) is 6.22. The first kappa shape index (κ1) is 23.7. The molecule has 0 spiro atoms. The molecular formula is C23H31IN6S. The lowest BCUT2D eigenvalue weighted by Gasteiger charge is -2.32. The molecule has 0 fully saturated rings. The summed E-state index contributed by atoms with van der Waals surface area (Å²) < 4.78 is 1.87. The van der Waals surface area contributed by atoms with Crippen LogP contribution in [0.4, 0.5) is 0 Å². The van der Waals surface area contributed by atoms with Crippen LogP contribution in [-0.4, -0.2) is 53.4 Å². The van der Waals surface area contributed by atoms with Crippen molar-refractivity contribution < 1.29 is 0 Å². The Kier molecular flexibility index (Phi) is 8.91. The summed E-state index contributed by atoms with van der Waals surface area (Å²) in [5, 5.41) is 13.4. The number of hydrogen-bond acceptors (Lipinski definition) is 4. The summed E-state index contributed by atoms with van der Waals surface area (Å²) in [4.78, 5) is 8.49. The fourth-order valence-electron chi connectivity index (χ4n) is 3.80. The molecular weight excluding hydrogens is 519 g/mol. The molecule has 3 heterocycles. The van der Waals surface area contributed by atoms with Crippen LogP contribution in [-0.2, 0) is 19.4 Å². The smallest absolute Gasteiger partial charge is 0.191 e. The summed E-state index contributed by atoms with van der Waals surface area (Å²) in [6, 6.07) is 13.2. The van der Waals surface area contributed by atoms with E-state index in [0.717, 1.165) is 44.2 Å². The molecule has 0 aliphatic carbocycles. The Labute approximate surface area is 205 Å². The summed E-state index contributed by atoms with van der Waals surface area (Å²) in [7, 11) is 1.83. The number of halogens is 1. The molecule has 2 N–H and O–H groups in total. The number of fused-ring (bicyclic) bond motifs is 1. The molecule has 1 aliphatic rings. The van der Waals surface area contributed by atoms with Gasteiger partial charge in [-0.15, -0.1) is 35.3 Å². The number of aliphatic imine (C=N–C) groups is 1. The molecule has 0 amide bonds. The zero-order valence-electron chi connectivity index (χ0n) is 18.1. The van der Waals surface area contributed by atoms with Crippen molar-refractivity contribution in [2.45, 2.75) is 32.4 Å². The lowest BCUT2D eigenvalue weighted by molar-refractivity contribution is 0.192. The molecule has 0 saturated carbocycles. The van der Waals surface area contributed by atoms with Crippen LogP contribution in [0.3, 0.4) is 0 Å². The van der Waals surface area contributed by atoms with E-state index in [1.54, 1.807) is 11.1 Å². The molecule has 1 aliphatic heterocycles. The molecule has 1 aromatic carbocycles. The number of hydrogen-bond donors (Lipinski definition) is 2. The number of nitrogens with one attached hydrogen (secondary N) is 2. The summed E-state index contributed by atoms with van der Waals surface area (Å²) in [6.07, 6.45) is 5.87. The standard InChI is InChI=1S/C23H30N6S.HI/c1-18(28-14-9-22-20(17-28)10-15-30-22)16-26-23(24-2)25-12-8-19-4-6-21(7-5-19)29-13-3-11-27-29;/h3-7,10-11,13,15,18H,8-9,12,14,16-17H2,1-2H3,(H2,24,25,26);1H. The van der Waals surface area contributed by atoms with Crippen LogP contribution in [0.1, 0.15) is 22.9 Å². The predicted octanol–water partition coefficient (Wildman–Crippen LogP) is 3.71. The van der Waals surface area contributed by atoms with Gasteiger partial charge in [0.25, 0.3) is 0 Å². The molecule has 4 rings (SSSR count). The highest BCUT2D eigenvalue weighted by Crippen LogP contribution is 2.24. The van der Waals surface area contributed by atoms with Crippen molar-refractivity contribution in [2.75, 3.05) is 26.7 Å². The Morgan fingerprint density at radius 1 is 1.23 bits per heavy atom. The third-order valence-corrected chi connectivity index (χ3v) is 6.68. The van der Waals surface area contributed by atoms with Gasteiger partial charge in [0.05, 0.1) is 5.69 Å². The van der Waals surface area contributed by atoms with Gasteiger partial charge in [-0.05, 0) is 60.5 Å². The highest BCUT2D eigenvalue weighted by Gasteiger charge is 2.21. The second-order valence-electron chi connectivity index (χ2n) is 7.69. The molecule has 2 aromatic heterocycles. The first-order valence-corrected chi connectivity index (χ1v) is 11.4. The van der Waals surface area contributed by atoms with Gasteiger partial charge in [0.1, 0.15) is 0 Å². The van der Waals surface area contributed by atoms with Crippen LogP contribution < -0.4 is 10.6 Å². The molecule has 6 nitrogen and oxygen atoms in total. The van der Waals surface area contributed by atoms with Crippen LogP contribution in [0.2, 0.25) is 0 Å². The van der Waals surface area contributed by atoms with Crippen LogP contribution in [0, 0.1) is 0 Å². The first-order valence-electron chi connectivity index (χ1n) is 10.6. The van der Waals surface area contributed by atoms with E-state index in [-0.39, 0.29) is 24.0 Å². The van der Waals surface area contributed by atoms with Crippen molar-refractivity contribution in [2.24, 2.45) is 4.99 Å². The van der Waals surface area contributed by atoms with Gasteiger partial charge >= 0.3 is 0 Å². The van der Waals surface area contributed by atoms with E-state index in [1.165, 1.54) is 17.5 Å². The van der Waals surface area contributed by atoms with Gasteiger partial charge in [-0.1, -0.05) is 12.1 Å². The van der Waals surface area contributed by atoms with E-state index in [1.807, 2.05) is 35.3 Å². The van der Waals surface area contributed by atoms with Gasteiger partial charge in [0.15, 0.2) is 5.96 Å². The number of thiophene rings is 1. The summed E-state index contributed by atoms with van der Waals surface area (Å²) >= 11 is 1.89. The molecule has 0 radical (unpaired) electrons. The van der Waals surface area contributed by atoms with Crippen molar-refractivity contribution in [3.8, 4) is 5.69 Å². The number of rotatable bonds is 7. The van der Waals surface area contributed by atoms with E-state index in [0.29, 0.717) is 6.04 Å². The first-order chi connectivity index (χ1) is 14.7. The zero-order valence-corrected chi connectivity index (χ0v) is 21.3. The van der Waals surface area contributed by atoms with Gasteiger partial charge < -0.3 is 10.6 Å². The summed E-state index contributed by atoms with van der Waals surface area (Å²) in [5.41, 5.74) is 3.87. The minimum absolute atomic E-state index is 0. The number of nitrogens with zero attached hydrogens (tertiary/aromatic N) is 4. The van der Waals surface area contributed by atoms with Gasteiger partial charge in [0.2, 0.25) is 0 Å². The molecule has 1 unspecified atom stereocenters. The third kappa shape index (κ3) is 6.30. The number of aromatic nitrogens is 2. The third-order valence-electron chi connectivity index (χ3n) is 5.66. The Bertz CT molecular complexity index is 951. The van der Waals surface area contributed by atoms with Crippen molar-refractivity contribution in [1.82, 2.24) is 25.3 Å². The Balaban J connectivity index is 0.00000272. The summed E-state index contributed by atoms with van der Waals surface area (Å²) in [5.74, 6) is 0.864. The molecule has 31 heavy (non-hydrogen) atoms. The van der Waals surface area contributed by atoms with Gasteiger partial charge in [-0.3, -0.25) is 9.89 Å². The van der Waals surface area contributed by atoms with Crippen LogP contribution in [0.15, 0.2) is 59.2 Å². The maximum absolute atomic E-state index is 4.38. The van der Waals surface area contributed by atoms with Gasteiger partial charge in [0, 0.05) is 56.5 Å². The largest absolute Gasteiger partial charge is 0.356 e. The number of benzene rings is 1. The quantitative estimate of drug-likeness (QED) is 0.268. The lowest BCUT2D eigenvalue weighted by Crippen LogP contribution is -2.47. The van der Waals surface area contributed by atoms with E-state index in [4.69, 9.17) is 0 Å². The molecule has 8 heteroatoms. The lowest BCUT2D eigenvalue weighted by atomic mass is 10.1. The molecule has 3 aromatic rings. The van der Waals surface area contributed by atoms with Crippen molar-refractivity contribution in [3.05, 3.63) is 70.2 Å². The Morgan fingerprint density at radius 3 is 2.81 bits per heavy atom. The van der Waals surface area contributed by atoms with E-state index >= 15 is 0 Å². The Hall–Kier alpha value is -1.91. The monoisotopic (exact) mass is 550 g/mol. The molecule has 166 valence electrons. The van der Waals surface area contributed by atoms with Crippen molar-refractivity contribution in [1.29, 1.82) is 0 Å². The Morgan fingerprint density at radius 2 is 2.06 bits per heavy atom. The fraction of sp³-hybridized carbons (Fsp3) is 0.391. The number of guanidine groups is 1. The molecule has 0 bridgehead atoms. The van der Waals surface area contributed by atoms with Crippen LogP contribution >= 0.6 is 35.3 Å². The maximum atomic E-state index is 4.38. The zero-order chi connectivity index (χ0) is 20.8. The fourth-order valence-corrected chi connectivity index (χ4v) is 4.69. The SMILES string of the molecule is CN=C(NCCc1ccc(-n2cccn2)cc1)NCC(C)N1CCc2sccc2C1.I. The van der Waals surface area contributed by atoms with Crippen molar-refractivity contribution in [3.63, 3.8) is 0 Å². The second kappa shape index (κ2) is 11.6. The highest BCUT2D eigenvalue weighted by atomic mass is 127. The van der Waals surface area contributed by atoms with Crippen LogP contribution in [0.25, 0.3) is 5.69 Å². The minimum atomic E-state index is 0. The van der Waals surface area contributed by atoms with Crippen LogP contribution in [0.5, 0.6) is 0 Å². The van der Waals surface area contributed by atoms with Gasteiger partial charge in [-0.2, -0.15) is 5.10 Å². The topological polar surface area (TPSA) is 57.5 Å². The minimum Gasteiger partial charge on any atom is -0.356 e.